The third-order valence-electron chi connectivity index (χ3n) is 3.05. The molecule has 0 aliphatic rings. The summed E-state index contributed by atoms with van der Waals surface area (Å²) in [5, 5.41) is 11.3. The molecule has 6 heteroatoms. The van der Waals surface area contributed by atoms with Crippen molar-refractivity contribution < 1.29 is 23.8 Å². The standard InChI is InChI=1S/C16H14FNO4/c1-10-13(15(19)20)7-12(17)8-14(10)18-16(21)22-9-11-5-3-2-4-6-11/h2-8H,9H2,1H3,(H,18,21)(H,19,20). The van der Waals surface area contributed by atoms with Gasteiger partial charge in [-0.15, -0.1) is 0 Å². The molecule has 1 amide bonds. The van der Waals surface area contributed by atoms with Crippen LogP contribution in [0.4, 0.5) is 14.9 Å². The van der Waals surface area contributed by atoms with E-state index in [1.54, 1.807) is 12.1 Å². The third-order valence-corrected chi connectivity index (χ3v) is 3.05. The molecular formula is C16H14FNO4. The number of ether oxygens (including phenoxy) is 1. The highest BCUT2D eigenvalue weighted by Gasteiger charge is 2.15. The van der Waals surface area contributed by atoms with Gasteiger partial charge in [0, 0.05) is 0 Å². The largest absolute Gasteiger partial charge is 0.478 e. The van der Waals surface area contributed by atoms with Gasteiger partial charge in [-0.2, -0.15) is 0 Å². The Morgan fingerprint density at radius 2 is 1.91 bits per heavy atom. The quantitative estimate of drug-likeness (QED) is 0.905. The van der Waals surface area contributed by atoms with E-state index in [4.69, 9.17) is 9.84 Å². The van der Waals surface area contributed by atoms with Crippen molar-refractivity contribution in [1.82, 2.24) is 0 Å². The number of aromatic carboxylic acids is 1. The fourth-order valence-electron chi connectivity index (χ4n) is 1.90. The highest BCUT2D eigenvalue weighted by Crippen LogP contribution is 2.21. The van der Waals surface area contributed by atoms with Gasteiger partial charge in [0.15, 0.2) is 0 Å². The zero-order chi connectivity index (χ0) is 16.1. The smallest absolute Gasteiger partial charge is 0.411 e. The van der Waals surface area contributed by atoms with E-state index in [9.17, 15) is 14.0 Å². The predicted octanol–water partition coefficient (Wildman–Crippen LogP) is 3.58. The van der Waals surface area contributed by atoms with Gasteiger partial charge in [-0.05, 0) is 30.2 Å². The minimum absolute atomic E-state index is 0.0623. The monoisotopic (exact) mass is 303 g/mol. The number of halogens is 1. The summed E-state index contributed by atoms with van der Waals surface area (Å²) in [5.74, 6) is -2.01. The van der Waals surface area contributed by atoms with E-state index in [1.165, 1.54) is 6.92 Å². The van der Waals surface area contributed by atoms with Gasteiger partial charge in [0.2, 0.25) is 0 Å². The van der Waals surface area contributed by atoms with Crippen LogP contribution in [0.5, 0.6) is 0 Å². The molecule has 2 N–H and O–H groups in total. The molecule has 0 atom stereocenters. The van der Waals surface area contributed by atoms with Crippen molar-refractivity contribution in [3.63, 3.8) is 0 Å². The SMILES string of the molecule is Cc1c(NC(=O)OCc2ccccc2)cc(F)cc1C(=O)O. The molecule has 0 aromatic heterocycles. The summed E-state index contributed by atoms with van der Waals surface area (Å²) in [5.41, 5.74) is 0.916. The molecule has 2 aromatic rings. The number of nitrogens with one attached hydrogen (secondary N) is 1. The molecule has 114 valence electrons. The lowest BCUT2D eigenvalue weighted by Gasteiger charge is -2.11. The Bertz CT molecular complexity index is 701. The molecule has 0 aliphatic carbocycles. The van der Waals surface area contributed by atoms with Crippen molar-refractivity contribution in [3.05, 3.63) is 65.0 Å². The van der Waals surface area contributed by atoms with Crippen molar-refractivity contribution in [1.29, 1.82) is 0 Å². The van der Waals surface area contributed by atoms with Gasteiger partial charge in [-0.25, -0.2) is 14.0 Å². The van der Waals surface area contributed by atoms with Gasteiger partial charge in [0.25, 0.3) is 0 Å². The van der Waals surface area contributed by atoms with E-state index < -0.39 is 17.9 Å². The Labute approximate surface area is 126 Å². The Morgan fingerprint density at radius 3 is 2.55 bits per heavy atom. The van der Waals surface area contributed by atoms with E-state index in [-0.39, 0.29) is 23.4 Å². The van der Waals surface area contributed by atoms with Crippen LogP contribution in [-0.2, 0) is 11.3 Å². The van der Waals surface area contributed by atoms with Crippen LogP contribution >= 0.6 is 0 Å². The number of carboxylic acid groups (broad SMARTS) is 1. The van der Waals surface area contributed by atoms with Crippen LogP contribution in [0.15, 0.2) is 42.5 Å². The Balaban J connectivity index is 2.07. The summed E-state index contributed by atoms with van der Waals surface area (Å²) in [7, 11) is 0. The van der Waals surface area contributed by atoms with E-state index in [1.807, 2.05) is 18.2 Å². The number of carbonyl (C=O) groups excluding carboxylic acids is 1. The van der Waals surface area contributed by atoms with Gasteiger partial charge in [-0.1, -0.05) is 30.3 Å². The van der Waals surface area contributed by atoms with Crippen molar-refractivity contribution in [2.24, 2.45) is 0 Å². The fraction of sp³-hybridized carbons (Fsp3) is 0.125. The van der Waals surface area contributed by atoms with Gasteiger partial charge < -0.3 is 9.84 Å². The zero-order valence-corrected chi connectivity index (χ0v) is 11.8. The Morgan fingerprint density at radius 1 is 1.23 bits per heavy atom. The number of hydrogen-bond donors (Lipinski definition) is 2. The maximum atomic E-state index is 13.4. The Kier molecular flexibility index (Phi) is 4.73. The summed E-state index contributed by atoms with van der Waals surface area (Å²) < 4.78 is 18.4. The molecular weight excluding hydrogens is 289 g/mol. The van der Waals surface area contributed by atoms with Crippen LogP contribution in [0, 0.1) is 12.7 Å². The maximum Gasteiger partial charge on any atom is 0.411 e. The summed E-state index contributed by atoms with van der Waals surface area (Å²) >= 11 is 0. The zero-order valence-electron chi connectivity index (χ0n) is 11.8. The molecule has 2 rings (SSSR count). The minimum atomic E-state index is -1.27. The molecule has 0 saturated heterocycles. The second-order valence-electron chi connectivity index (χ2n) is 4.62. The molecule has 22 heavy (non-hydrogen) atoms. The summed E-state index contributed by atoms with van der Waals surface area (Å²) in [6, 6.07) is 11.0. The second-order valence-corrected chi connectivity index (χ2v) is 4.62. The van der Waals surface area contributed by atoms with E-state index in [2.05, 4.69) is 5.32 Å². The fourth-order valence-corrected chi connectivity index (χ4v) is 1.90. The average molecular weight is 303 g/mol. The number of amides is 1. The van der Waals surface area contributed by atoms with Crippen LogP contribution in [0.25, 0.3) is 0 Å². The first-order valence-corrected chi connectivity index (χ1v) is 6.48. The lowest BCUT2D eigenvalue weighted by Crippen LogP contribution is -2.15. The second kappa shape index (κ2) is 6.71. The summed E-state index contributed by atoms with van der Waals surface area (Å²) in [6.45, 7) is 1.54. The van der Waals surface area contributed by atoms with Gasteiger partial charge in [-0.3, -0.25) is 5.32 Å². The highest BCUT2D eigenvalue weighted by atomic mass is 19.1. The van der Waals surface area contributed by atoms with Gasteiger partial charge in [0.05, 0.1) is 11.3 Å². The van der Waals surface area contributed by atoms with Crippen LogP contribution in [-0.4, -0.2) is 17.2 Å². The molecule has 0 heterocycles. The highest BCUT2D eigenvalue weighted by molar-refractivity contribution is 5.94. The molecule has 2 aromatic carbocycles. The van der Waals surface area contributed by atoms with Crippen LogP contribution in [0.1, 0.15) is 21.5 Å². The van der Waals surface area contributed by atoms with Crippen LogP contribution in [0.3, 0.4) is 0 Å². The predicted molar refractivity (Wildman–Crippen MR) is 78.3 cm³/mol. The number of carbonyl (C=O) groups is 2. The number of anilines is 1. The van der Waals surface area contributed by atoms with Crippen molar-refractivity contribution in [2.75, 3.05) is 5.32 Å². The minimum Gasteiger partial charge on any atom is -0.478 e. The first-order chi connectivity index (χ1) is 10.5. The van der Waals surface area contributed by atoms with Crippen LogP contribution in [0.2, 0.25) is 0 Å². The maximum absolute atomic E-state index is 13.4. The molecule has 5 nitrogen and oxygen atoms in total. The van der Waals surface area contributed by atoms with E-state index in [0.29, 0.717) is 0 Å². The molecule has 0 unspecified atom stereocenters. The number of rotatable bonds is 4. The van der Waals surface area contributed by atoms with E-state index in [0.717, 1.165) is 17.7 Å². The summed E-state index contributed by atoms with van der Waals surface area (Å²) in [4.78, 5) is 22.7. The Hall–Kier alpha value is -2.89. The topological polar surface area (TPSA) is 75.6 Å². The normalized spacial score (nSPS) is 10.1. The molecule has 0 spiro atoms. The van der Waals surface area contributed by atoms with Crippen LogP contribution < -0.4 is 5.32 Å². The number of benzene rings is 2. The number of hydrogen-bond acceptors (Lipinski definition) is 3. The average Bonchev–Trinajstić information content (AvgIpc) is 2.49. The number of carboxylic acids is 1. The first-order valence-electron chi connectivity index (χ1n) is 6.48. The van der Waals surface area contributed by atoms with E-state index >= 15 is 0 Å². The summed E-state index contributed by atoms with van der Waals surface area (Å²) in [6.07, 6.45) is -0.783. The lowest BCUT2D eigenvalue weighted by atomic mass is 10.1. The third kappa shape index (κ3) is 3.82. The molecule has 0 aliphatic heterocycles. The molecule has 0 radical (unpaired) electrons. The van der Waals surface area contributed by atoms with Crippen molar-refractivity contribution in [2.45, 2.75) is 13.5 Å². The van der Waals surface area contributed by atoms with Crippen molar-refractivity contribution >= 4 is 17.7 Å². The van der Waals surface area contributed by atoms with Gasteiger partial charge >= 0.3 is 12.1 Å². The van der Waals surface area contributed by atoms with Gasteiger partial charge in [0.1, 0.15) is 12.4 Å². The molecule has 0 fully saturated rings. The molecule has 0 bridgehead atoms. The first kappa shape index (κ1) is 15.5. The molecule has 0 saturated carbocycles. The lowest BCUT2D eigenvalue weighted by molar-refractivity contribution is 0.0695. The van der Waals surface area contributed by atoms with Crippen molar-refractivity contribution in [3.8, 4) is 0 Å².